The van der Waals surface area contributed by atoms with Crippen LogP contribution >= 0.6 is 0 Å². The van der Waals surface area contributed by atoms with E-state index >= 15 is 0 Å². The van der Waals surface area contributed by atoms with Crippen LogP contribution in [0.3, 0.4) is 0 Å². The van der Waals surface area contributed by atoms with Crippen molar-refractivity contribution >= 4 is 17.9 Å². The average molecular weight is 477 g/mol. The number of nitrogens with zero attached hydrogens (tertiary/aromatic N) is 2. The average Bonchev–Trinajstić information content (AvgIpc) is 2.83. The summed E-state index contributed by atoms with van der Waals surface area (Å²) in [7, 11) is 0. The van der Waals surface area contributed by atoms with Gasteiger partial charge < -0.3 is 20.3 Å². The molecule has 0 aliphatic carbocycles. The van der Waals surface area contributed by atoms with E-state index in [0.29, 0.717) is 52.0 Å². The summed E-state index contributed by atoms with van der Waals surface area (Å²) in [6, 6.07) is 5.93. The fourth-order valence-corrected chi connectivity index (χ4v) is 4.67. The minimum absolute atomic E-state index is 0.0273. The van der Waals surface area contributed by atoms with Crippen LogP contribution in [-0.2, 0) is 20.9 Å². The molecule has 0 aromatic heterocycles. The topological polar surface area (TPSA) is 91.0 Å². The summed E-state index contributed by atoms with van der Waals surface area (Å²) in [4.78, 5) is 41.5. The monoisotopic (exact) mass is 476 g/mol. The standard InChI is InChI=1S/C25H37FN4O4/c1-3-22(24(32)27-21-10-13-30(14-11-21)25(33)34-4-2)28-23(31)19-8-6-12-29(17-19)16-18-7-5-9-20(26)15-18/h5,7,9,15,19,21-22H,3-4,6,8,10-14,16-17H2,1-2H3,(H,27,32)(H,28,31)/t19-,22+/m1/s1. The molecule has 0 bridgehead atoms. The lowest BCUT2D eigenvalue weighted by molar-refractivity contribution is -0.132. The number of amides is 3. The van der Waals surface area contributed by atoms with E-state index in [1.54, 1.807) is 17.9 Å². The molecule has 2 N–H and O–H groups in total. The van der Waals surface area contributed by atoms with E-state index in [9.17, 15) is 18.8 Å². The molecule has 188 valence electrons. The number of carbonyl (C=O) groups is 3. The van der Waals surface area contributed by atoms with Gasteiger partial charge in [0, 0.05) is 32.2 Å². The Morgan fingerprint density at radius 3 is 2.59 bits per heavy atom. The van der Waals surface area contributed by atoms with Crippen molar-refractivity contribution in [2.75, 3.05) is 32.8 Å². The van der Waals surface area contributed by atoms with Crippen LogP contribution in [0.15, 0.2) is 24.3 Å². The Morgan fingerprint density at radius 2 is 1.91 bits per heavy atom. The SMILES string of the molecule is CCOC(=O)N1CCC(NC(=O)[C@H](CC)NC(=O)[C@@H]2CCCN(Cc3cccc(F)c3)C2)CC1. The van der Waals surface area contributed by atoms with Gasteiger partial charge in [-0.25, -0.2) is 9.18 Å². The van der Waals surface area contributed by atoms with Crippen LogP contribution in [0.25, 0.3) is 0 Å². The smallest absolute Gasteiger partial charge is 0.409 e. The summed E-state index contributed by atoms with van der Waals surface area (Å²) in [6.07, 6.45) is 3.16. The van der Waals surface area contributed by atoms with Crippen LogP contribution in [-0.4, -0.2) is 72.6 Å². The molecule has 2 aliphatic heterocycles. The molecule has 3 amide bonds. The number of hydrogen-bond donors (Lipinski definition) is 2. The third-order valence-corrected chi connectivity index (χ3v) is 6.58. The van der Waals surface area contributed by atoms with Gasteiger partial charge in [-0.2, -0.15) is 0 Å². The van der Waals surface area contributed by atoms with Crippen LogP contribution in [0, 0.1) is 11.7 Å². The summed E-state index contributed by atoms with van der Waals surface area (Å²) in [5, 5.41) is 5.98. The highest BCUT2D eigenvalue weighted by molar-refractivity contribution is 5.88. The fraction of sp³-hybridized carbons (Fsp3) is 0.640. The first kappa shape index (κ1) is 25.9. The van der Waals surface area contributed by atoms with Gasteiger partial charge in [0.1, 0.15) is 11.9 Å². The zero-order valence-electron chi connectivity index (χ0n) is 20.2. The van der Waals surface area contributed by atoms with Crippen LogP contribution in [0.1, 0.15) is 51.5 Å². The van der Waals surface area contributed by atoms with Crippen molar-refractivity contribution in [2.45, 2.75) is 64.6 Å². The molecule has 2 fully saturated rings. The maximum Gasteiger partial charge on any atom is 0.409 e. The number of likely N-dealkylation sites (tertiary alicyclic amines) is 2. The molecule has 2 aliphatic rings. The molecule has 3 rings (SSSR count). The predicted octanol–water partition coefficient (Wildman–Crippen LogP) is 2.67. The molecule has 0 spiro atoms. The van der Waals surface area contributed by atoms with Gasteiger partial charge in [-0.05, 0) is 63.3 Å². The number of piperidine rings is 2. The largest absolute Gasteiger partial charge is 0.450 e. The third-order valence-electron chi connectivity index (χ3n) is 6.58. The Morgan fingerprint density at radius 1 is 1.15 bits per heavy atom. The quantitative estimate of drug-likeness (QED) is 0.602. The number of halogens is 1. The zero-order chi connectivity index (χ0) is 24.5. The van der Waals surface area contributed by atoms with Crippen molar-refractivity contribution < 1.29 is 23.5 Å². The van der Waals surface area contributed by atoms with Gasteiger partial charge in [0.15, 0.2) is 0 Å². The first-order valence-electron chi connectivity index (χ1n) is 12.4. The van der Waals surface area contributed by atoms with E-state index in [1.165, 1.54) is 12.1 Å². The van der Waals surface area contributed by atoms with Crippen molar-refractivity contribution in [3.8, 4) is 0 Å². The first-order chi connectivity index (χ1) is 16.4. The minimum Gasteiger partial charge on any atom is -0.450 e. The van der Waals surface area contributed by atoms with Crippen molar-refractivity contribution in [3.63, 3.8) is 0 Å². The maximum atomic E-state index is 13.5. The van der Waals surface area contributed by atoms with Gasteiger partial charge in [0.25, 0.3) is 0 Å². The van der Waals surface area contributed by atoms with E-state index in [0.717, 1.165) is 24.9 Å². The highest BCUT2D eigenvalue weighted by atomic mass is 19.1. The van der Waals surface area contributed by atoms with Crippen LogP contribution < -0.4 is 10.6 Å². The van der Waals surface area contributed by atoms with Gasteiger partial charge >= 0.3 is 6.09 Å². The molecular formula is C25H37FN4O4. The molecule has 2 atom stereocenters. The lowest BCUT2D eigenvalue weighted by Crippen LogP contribution is -2.54. The molecule has 1 aromatic rings. The first-order valence-corrected chi connectivity index (χ1v) is 12.4. The summed E-state index contributed by atoms with van der Waals surface area (Å²) >= 11 is 0. The summed E-state index contributed by atoms with van der Waals surface area (Å²) in [5.74, 6) is -0.745. The molecule has 0 unspecified atom stereocenters. The number of ether oxygens (including phenoxy) is 1. The van der Waals surface area contributed by atoms with E-state index in [-0.39, 0.29) is 35.7 Å². The van der Waals surface area contributed by atoms with Gasteiger partial charge in [-0.15, -0.1) is 0 Å². The highest BCUT2D eigenvalue weighted by Gasteiger charge is 2.30. The number of rotatable bonds is 8. The highest BCUT2D eigenvalue weighted by Crippen LogP contribution is 2.20. The van der Waals surface area contributed by atoms with E-state index in [2.05, 4.69) is 15.5 Å². The molecule has 0 radical (unpaired) electrons. The Hall–Kier alpha value is -2.68. The zero-order valence-corrected chi connectivity index (χ0v) is 20.2. The Balaban J connectivity index is 1.46. The lowest BCUT2D eigenvalue weighted by Gasteiger charge is -2.34. The molecule has 0 saturated carbocycles. The fourth-order valence-electron chi connectivity index (χ4n) is 4.67. The Kier molecular flexibility index (Phi) is 9.68. The Labute approximate surface area is 201 Å². The van der Waals surface area contributed by atoms with Crippen LogP contribution in [0.5, 0.6) is 0 Å². The molecule has 1 aromatic carbocycles. The third kappa shape index (κ3) is 7.41. The molecule has 2 saturated heterocycles. The number of nitrogens with one attached hydrogen (secondary N) is 2. The lowest BCUT2D eigenvalue weighted by atomic mass is 9.96. The summed E-state index contributed by atoms with van der Waals surface area (Å²) in [5.41, 5.74) is 0.890. The van der Waals surface area contributed by atoms with Gasteiger partial charge in [0.05, 0.1) is 12.5 Å². The molecular weight excluding hydrogens is 439 g/mol. The maximum absolute atomic E-state index is 13.5. The van der Waals surface area contributed by atoms with Gasteiger partial charge in [-0.3, -0.25) is 14.5 Å². The Bertz CT molecular complexity index is 844. The molecule has 9 heteroatoms. The predicted molar refractivity (Wildman–Crippen MR) is 126 cm³/mol. The van der Waals surface area contributed by atoms with Crippen LogP contribution in [0.2, 0.25) is 0 Å². The second-order valence-electron chi connectivity index (χ2n) is 9.14. The number of hydrogen-bond acceptors (Lipinski definition) is 5. The van der Waals surface area contributed by atoms with Crippen molar-refractivity contribution in [1.29, 1.82) is 0 Å². The second-order valence-corrected chi connectivity index (χ2v) is 9.14. The van der Waals surface area contributed by atoms with Gasteiger partial charge in [0.2, 0.25) is 11.8 Å². The number of benzene rings is 1. The summed E-state index contributed by atoms with van der Waals surface area (Å²) < 4.78 is 18.5. The normalized spacial score (nSPS) is 20.4. The second kappa shape index (κ2) is 12.7. The van der Waals surface area contributed by atoms with E-state index in [1.807, 2.05) is 13.0 Å². The van der Waals surface area contributed by atoms with Crippen LogP contribution in [0.4, 0.5) is 9.18 Å². The molecule has 2 heterocycles. The summed E-state index contributed by atoms with van der Waals surface area (Å²) in [6.45, 7) is 7.13. The number of carbonyl (C=O) groups excluding carboxylic acids is 3. The molecule has 34 heavy (non-hydrogen) atoms. The van der Waals surface area contributed by atoms with E-state index < -0.39 is 6.04 Å². The molecule has 8 nitrogen and oxygen atoms in total. The van der Waals surface area contributed by atoms with Gasteiger partial charge in [-0.1, -0.05) is 19.1 Å². The van der Waals surface area contributed by atoms with E-state index in [4.69, 9.17) is 4.74 Å². The minimum atomic E-state index is -0.589. The van der Waals surface area contributed by atoms with Crippen molar-refractivity contribution in [1.82, 2.24) is 20.4 Å². The van der Waals surface area contributed by atoms with Crippen molar-refractivity contribution in [3.05, 3.63) is 35.6 Å². The van der Waals surface area contributed by atoms with Crippen molar-refractivity contribution in [2.24, 2.45) is 5.92 Å².